The number of carbonyl (C=O) groups excluding carboxylic acids is 1. The van der Waals surface area contributed by atoms with Crippen LogP contribution < -0.4 is 14.8 Å². The molecule has 0 spiro atoms. The molecular weight excluding hydrogens is 445 g/mol. The summed E-state index contributed by atoms with van der Waals surface area (Å²) in [4.78, 5) is 14.6. The van der Waals surface area contributed by atoms with Crippen LogP contribution >= 0.6 is 0 Å². The number of nitrogens with one attached hydrogen (secondary N) is 2. The molecule has 0 aliphatic heterocycles. The number of likely N-dealkylation sites (N-methyl/N-ethyl adjacent to an activating group) is 1. The standard InChI is InChI=1S/C24H26FN3O4S/c1-28(2)23(18-5-4-6-21(15-18)32-3)16-26-24(29)17-7-13-22(14-8-17)33(30,31)27-20-11-9-19(25)10-12-20/h4-15,23,27H,16H2,1-3H3,(H,26,29). The van der Waals surface area contributed by atoms with Crippen LogP contribution in [0, 0.1) is 5.82 Å². The Morgan fingerprint density at radius 2 is 1.70 bits per heavy atom. The lowest BCUT2D eigenvalue weighted by molar-refractivity contribution is 0.0942. The molecule has 3 aromatic carbocycles. The summed E-state index contributed by atoms with van der Waals surface area (Å²) in [5.41, 5.74) is 1.57. The average molecular weight is 472 g/mol. The number of sulfonamides is 1. The molecule has 0 fully saturated rings. The Kier molecular flexibility index (Phi) is 7.67. The van der Waals surface area contributed by atoms with Gasteiger partial charge in [-0.25, -0.2) is 12.8 Å². The Hall–Kier alpha value is -3.43. The zero-order valence-corrected chi connectivity index (χ0v) is 19.4. The van der Waals surface area contributed by atoms with Gasteiger partial charge in [-0.2, -0.15) is 0 Å². The van der Waals surface area contributed by atoms with Gasteiger partial charge in [-0.05, 0) is 80.3 Å². The number of methoxy groups -OCH3 is 1. The van der Waals surface area contributed by atoms with Crippen molar-refractivity contribution >= 4 is 21.6 Å². The second-order valence-corrected chi connectivity index (χ2v) is 9.29. The number of hydrogen-bond donors (Lipinski definition) is 2. The van der Waals surface area contributed by atoms with Gasteiger partial charge in [0, 0.05) is 17.8 Å². The lowest BCUT2D eigenvalue weighted by atomic mass is 10.1. The monoisotopic (exact) mass is 471 g/mol. The topological polar surface area (TPSA) is 87.7 Å². The second kappa shape index (κ2) is 10.5. The number of nitrogens with zero attached hydrogens (tertiary/aromatic N) is 1. The van der Waals surface area contributed by atoms with Crippen LogP contribution in [-0.4, -0.2) is 47.0 Å². The van der Waals surface area contributed by atoms with Crippen molar-refractivity contribution < 1.29 is 22.3 Å². The molecular formula is C24H26FN3O4S. The van der Waals surface area contributed by atoms with E-state index in [2.05, 4.69) is 10.0 Å². The first-order chi connectivity index (χ1) is 15.7. The highest BCUT2D eigenvalue weighted by molar-refractivity contribution is 7.92. The van der Waals surface area contributed by atoms with Crippen LogP contribution in [0.25, 0.3) is 0 Å². The lowest BCUT2D eigenvalue weighted by Gasteiger charge is -2.25. The van der Waals surface area contributed by atoms with Gasteiger partial charge >= 0.3 is 0 Å². The second-order valence-electron chi connectivity index (χ2n) is 7.60. The fraction of sp³-hybridized carbons (Fsp3) is 0.208. The van der Waals surface area contributed by atoms with E-state index >= 15 is 0 Å². The fourth-order valence-electron chi connectivity index (χ4n) is 3.26. The summed E-state index contributed by atoms with van der Waals surface area (Å²) in [5, 5.41) is 2.90. The maximum absolute atomic E-state index is 13.0. The van der Waals surface area contributed by atoms with Crippen LogP contribution in [-0.2, 0) is 10.0 Å². The summed E-state index contributed by atoms with van der Waals surface area (Å²) in [7, 11) is 1.57. The van der Waals surface area contributed by atoms with Gasteiger partial charge in [0.15, 0.2) is 0 Å². The number of benzene rings is 3. The van der Waals surface area contributed by atoms with Crippen LogP contribution in [0.1, 0.15) is 22.0 Å². The maximum Gasteiger partial charge on any atom is 0.261 e. The Bertz CT molecular complexity index is 1200. The van der Waals surface area contributed by atoms with Gasteiger partial charge in [-0.3, -0.25) is 9.52 Å². The van der Waals surface area contributed by atoms with E-state index < -0.39 is 15.8 Å². The summed E-state index contributed by atoms with van der Waals surface area (Å²) >= 11 is 0. The molecule has 7 nitrogen and oxygen atoms in total. The van der Waals surface area contributed by atoms with Crippen LogP contribution in [0.5, 0.6) is 5.75 Å². The van der Waals surface area contributed by atoms with Crippen LogP contribution in [0.3, 0.4) is 0 Å². The molecule has 0 bridgehead atoms. The first-order valence-electron chi connectivity index (χ1n) is 10.2. The number of hydrogen-bond acceptors (Lipinski definition) is 5. The Morgan fingerprint density at radius 1 is 1.03 bits per heavy atom. The van der Waals surface area contributed by atoms with Crippen LogP contribution in [0.15, 0.2) is 77.7 Å². The minimum Gasteiger partial charge on any atom is -0.497 e. The van der Waals surface area contributed by atoms with Crippen molar-refractivity contribution in [3.63, 3.8) is 0 Å². The largest absolute Gasteiger partial charge is 0.497 e. The third kappa shape index (κ3) is 6.30. The van der Waals surface area contributed by atoms with Crippen molar-refractivity contribution in [2.24, 2.45) is 0 Å². The minimum atomic E-state index is -3.87. The number of ether oxygens (including phenoxy) is 1. The number of rotatable bonds is 9. The summed E-state index contributed by atoms with van der Waals surface area (Å²) in [6.07, 6.45) is 0. The van der Waals surface area contributed by atoms with Gasteiger partial charge in [0.05, 0.1) is 18.0 Å². The first-order valence-corrected chi connectivity index (χ1v) is 11.6. The first kappa shape index (κ1) is 24.2. The molecule has 174 valence electrons. The van der Waals surface area contributed by atoms with E-state index in [0.29, 0.717) is 12.1 Å². The van der Waals surface area contributed by atoms with Crippen molar-refractivity contribution in [3.05, 3.63) is 89.7 Å². The Balaban J connectivity index is 1.67. The highest BCUT2D eigenvalue weighted by Crippen LogP contribution is 2.22. The lowest BCUT2D eigenvalue weighted by Crippen LogP contribution is -2.34. The highest BCUT2D eigenvalue weighted by Gasteiger charge is 2.18. The van der Waals surface area contributed by atoms with E-state index in [0.717, 1.165) is 23.4 Å². The normalized spacial score (nSPS) is 12.3. The van der Waals surface area contributed by atoms with Gasteiger partial charge in [0.25, 0.3) is 15.9 Å². The van der Waals surface area contributed by atoms with Crippen LogP contribution in [0.4, 0.5) is 10.1 Å². The van der Waals surface area contributed by atoms with E-state index in [1.54, 1.807) is 7.11 Å². The molecule has 3 aromatic rings. The summed E-state index contributed by atoms with van der Waals surface area (Å²) in [5.74, 6) is -0.0480. The molecule has 1 amide bonds. The summed E-state index contributed by atoms with van der Waals surface area (Å²) < 4.78 is 45.8. The third-order valence-electron chi connectivity index (χ3n) is 5.08. The average Bonchev–Trinajstić information content (AvgIpc) is 2.80. The number of carbonyl (C=O) groups is 1. The predicted octanol–water partition coefficient (Wildman–Crippen LogP) is 3.67. The van der Waals surface area contributed by atoms with Gasteiger partial charge in [0.1, 0.15) is 11.6 Å². The van der Waals surface area contributed by atoms with Crippen molar-refractivity contribution in [1.82, 2.24) is 10.2 Å². The molecule has 0 aliphatic carbocycles. The van der Waals surface area contributed by atoms with Gasteiger partial charge in [0.2, 0.25) is 0 Å². The van der Waals surface area contributed by atoms with Gasteiger partial charge < -0.3 is 15.0 Å². The molecule has 0 saturated heterocycles. The molecule has 1 atom stereocenters. The molecule has 0 radical (unpaired) electrons. The molecule has 2 N–H and O–H groups in total. The van der Waals surface area contributed by atoms with E-state index in [1.807, 2.05) is 43.3 Å². The molecule has 3 rings (SSSR count). The third-order valence-corrected chi connectivity index (χ3v) is 6.48. The maximum atomic E-state index is 13.0. The Labute approximate surface area is 193 Å². The van der Waals surface area contributed by atoms with Crippen LogP contribution in [0.2, 0.25) is 0 Å². The zero-order valence-electron chi connectivity index (χ0n) is 18.6. The van der Waals surface area contributed by atoms with E-state index in [4.69, 9.17) is 4.74 Å². The molecule has 9 heteroatoms. The molecule has 0 aliphatic rings. The van der Waals surface area contributed by atoms with Gasteiger partial charge in [-0.15, -0.1) is 0 Å². The van der Waals surface area contributed by atoms with E-state index in [1.165, 1.54) is 36.4 Å². The molecule has 33 heavy (non-hydrogen) atoms. The van der Waals surface area contributed by atoms with Crippen molar-refractivity contribution in [2.75, 3.05) is 32.5 Å². The quantitative estimate of drug-likeness (QED) is 0.497. The number of amides is 1. The summed E-state index contributed by atoms with van der Waals surface area (Å²) in [6, 6.07) is 18.2. The van der Waals surface area contributed by atoms with Crippen molar-refractivity contribution in [1.29, 1.82) is 0 Å². The zero-order chi connectivity index (χ0) is 24.0. The SMILES string of the molecule is COc1cccc(C(CNC(=O)c2ccc(S(=O)(=O)Nc3ccc(F)cc3)cc2)N(C)C)c1. The predicted molar refractivity (Wildman–Crippen MR) is 125 cm³/mol. The van der Waals surface area contributed by atoms with Crippen molar-refractivity contribution in [2.45, 2.75) is 10.9 Å². The van der Waals surface area contributed by atoms with E-state index in [-0.39, 0.29) is 22.5 Å². The number of anilines is 1. The molecule has 1 unspecified atom stereocenters. The number of halogens is 1. The molecule has 0 heterocycles. The fourth-order valence-corrected chi connectivity index (χ4v) is 4.31. The van der Waals surface area contributed by atoms with Crippen molar-refractivity contribution in [3.8, 4) is 5.75 Å². The highest BCUT2D eigenvalue weighted by atomic mass is 32.2. The van der Waals surface area contributed by atoms with E-state index in [9.17, 15) is 17.6 Å². The molecule has 0 aromatic heterocycles. The smallest absolute Gasteiger partial charge is 0.261 e. The molecule has 0 saturated carbocycles. The van der Waals surface area contributed by atoms with Gasteiger partial charge in [-0.1, -0.05) is 12.1 Å². The minimum absolute atomic E-state index is 0.00840. The summed E-state index contributed by atoms with van der Waals surface area (Å²) in [6.45, 7) is 0.352. The Morgan fingerprint density at radius 3 is 2.30 bits per heavy atom.